The van der Waals surface area contributed by atoms with Gasteiger partial charge in [-0.15, -0.1) is 0 Å². The van der Waals surface area contributed by atoms with Crippen LogP contribution < -0.4 is 14.8 Å². The number of halogens is 1. The lowest BCUT2D eigenvalue weighted by Crippen LogP contribution is -2.21. The summed E-state index contributed by atoms with van der Waals surface area (Å²) in [6.07, 6.45) is 1.36. The van der Waals surface area contributed by atoms with E-state index in [1.54, 1.807) is 48.5 Å². The van der Waals surface area contributed by atoms with Crippen LogP contribution in [-0.4, -0.2) is 25.3 Å². The van der Waals surface area contributed by atoms with Crippen molar-refractivity contribution >= 4 is 39.6 Å². The van der Waals surface area contributed by atoms with Gasteiger partial charge in [0.2, 0.25) is 6.79 Å². The van der Waals surface area contributed by atoms with Gasteiger partial charge in [-0.25, -0.2) is 4.79 Å². The third kappa shape index (κ3) is 4.86. The van der Waals surface area contributed by atoms with Crippen LogP contribution in [0.4, 0.5) is 5.69 Å². The first kappa shape index (κ1) is 18.5. The molecule has 0 aliphatic carbocycles. The van der Waals surface area contributed by atoms with Crippen molar-refractivity contribution in [3.63, 3.8) is 0 Å². The van der Waals surface area contributed by atoms with Gasteiger partial charge in [0, 0.05) is 10.2 Å². The summed E-state index contributed by atoms with van der Waals surface area (Å²) in [4.78, 5) is 23.9. The number of hydrogen-bond acceptors (Lipinski definition) is 6. The molecule has 0 bridgehead atoms. The van der Waals surface area contributed by atoms with Gasteiger partial charge in [0.05, 0.1) is 0 Å². The Morgan fingerprint density at radius 1 is 1.19 bits per heavy atom. The van der Waals surface area contributed by atoms with Crippen molar-refractivity contribution in [1.82, 2.24) is 0 Å². The number of fused-ring (bicyclic) bond motifs is 1. The molecule has 2 aromatic rings. The van der Waals surface area contributed by atoms with Crippen LogP contribution in [-0.2, 0) is 14.3 Å². The Bertz CT molecular complexity index is 948. The van der Waals surface area contributed by atoms with Crippen molar-refractivity contribution in [3.05, 3.63) is 58.1 Å². The number of amides is 1. The maximum absolute atomic E-state index is 12.1. The summed E-state index contributed by atoms with van der Waals surface area (Å²) in [5.74, 6) is -0.270. The quantitative estimate of drug-likeness (QED) is 0.445. The SMILES string of the molecule is N#C/C(=C\c1ccc2c(c1)OCO2)C(=O)OCC(=O)Nc1ccc(Br)cc1. The molecular formula is C19H13BrN2O5. The largest absolute Gasteiger partial charge is 0.454 e. The van der Waals surface area contributed by atoms with Gasteiger partial charge in [-0.3, -0.25) is 4.79 Å². The number of carbonyl (C=O) groups is 2. The summed E-state index contributed by atoms with van der Waals surface area (Å²) in [7, 11) is 0. The number of hydrogen-bond donors (Lipinski definition) is 1. The number of esters is 1. The average Bonchev–Trinajstić information content (AvgIpc) is 3.14. The van der Waals surface area contributed by atoms with E-state index in [9.17, 15) is 14.9 Å². The van der Waals surface area contributed by atoms with E-state index in [-0.39, 0.29) is 12.4 Å². The second kappa shape index (κ2) is 8.38. The number of ether oxygens (including phenoxy) is 3. The van der Waals surface area contributed by atoms with Crippen LogP contribution in [0.2, 0.25) is 0 Å². The van der Waals surface area contributed by atoms with Crippen LogP contribution in [0, 0.1) is 11.3 Å². The van der Waals surface area contributed by atoms with E-state index in [2.05, 4.69) is 21.2 Å². The highest BCUT2D eigenvalue weighted by molar-refractivity contribution is 9.10. The standard InChI is InChI=1S/C19H13BrN2O5/c20-14-2-4-15(5-3-14)22-18(23)10-25-19(24)13(9-21)7-12-1-6-16-17(8-12)27-11-26-16/h1-8H,10-11H2,(H,22,23)/b13-7+. The predicted molar refractivity (Wildman–Crippen MR) is 99.9 cm³/mol. The summed E-state index contributed by atoms with van der Waals surface area (Å²) < 4.78 is 16.2. The highest BCUT2D eigenvalue weighted by atomic mass is 79.9. The fourth-order valence-electron chi connectivity index (χ4n) is 2.25. The minimum absolute atomic E-state index is 0.128. The van der Waals surface area contributed by atoms with Crippen LogP contribution in [0.5, 0.6) is 11.5 Å². The molecule has 1 aliphatic rings. The van der Waals surface area contributed by atoms with Crippen molar-refractivity contribution in [2.45, 2.75) is 0 Å². The minimum Gasteiger partial charge on any atom is -0.454 e. The van der Waals surface area contributed by atoms with Gasteiger partial charge in [0.15, 0.2) is 18.1 Å². The molecular weight excluding hydrogens is 416 g/mol. The molecule has 1 heterocycles. The Balaban J connectivity index is 1.59. The van der Waals surface area contributed by atoms with Crippen LogP contribution >= 0.6 is 15.9 Å². The first-order chi connectivity index (χ1) is 13.0. The Kier molecular flexibility index (Phi) is 5.74. The van der Waals surface area contributed by atoms with Crippen molar-refractivity contribution in [2.75, 3.05) is 18.7 Å². The lowest BCUT2D eigenvalue weighted by atomic mass is 10.1. The van der Waals surface area contributed by atoms with Crippen molar-refractivity contribution < 1.29 is 23.8 Å². The van der Waals surface area contributed by atoms with E-state index < -0.39 is 18.5 Å². The average molecular weight is 429 g/mol. The zero-order chi connectivity index (χ0) is 19.2. The fraction of sp³-hybridized carbons (Fsp3) is 0.105. The molecule has 0 spiro atoms. The first-order valence-corrected chi connectivity index (χ1v) is 8.58. The van der Waals surface area contributed by atoms with Crippen molar-refractivity contribution in [2.24, 2.45) is 0 Å². The zero-order valence-corrected chi connectivity index (χ0v) is 15.5. The van der Waals surface area contributed by atoms with Crippen LogP contribution in [0.25, 0.3) is 6.08 Å². The van der Waals surface area contributed by atoms with Gasteiger partial charge in [-0.2, -0.15) is 5.26 Å². The van der Waals surface area contributed by atoms with Crippen molar-refractivity contribution in [3.8, 4) is 17.6 Å². The van der Waals surface area contributed by atoms with E-state index >= 15 is 0 Å². The van der Waals surface area contributed by atoms with Crippen LogP contribution in [0.15, 0.2) is 52.5 Å². The summed E-state index contributed by atoms with van der Waals surface area (Å²) in [5, 5.41) is 11.8. The maximum Gasteiger partial charge on any atom is 0.349 e. The molecule has 0 aromatic heterocycles. The lowest BCUT2D eigenvalue weighted by molar-refractivity contribution is -0.142. The molecule has 8 heteroatoms. The predicted octanol–water partition coefficient (Wildman–Crippen LogP) is 3.27. The number of nitrogens with one attached hydrogen (secondary N) is 1. The summed E-state index contributed by atoms with van der Waals surface area (Å²) in [6, 6.07) is 13.7. The number of rotatable bonds is 5. The van der Waals surface area contributed by atoms with Crippen LogP contribution in [0.3, 0.4) is 0 Å². The molecule has 0 saturated carbocycles. The Morgan fingerprint density at radius 2 is 1.93 bits per heavy atom. The van der Waals surface area contributed by atoms with Crippen LogP contribution in [0.1, 0.15) is 5.56 Å². The number of carbonyl (C=O) groups excluding carboxylic acids is 2. The molecule has 2 aromatic carbocycles. The van der Waals surface area contributed by atoms with E-state index in [1.807, 2.05) is 0 Å². The smallest absolute Gasteiger partial charge is 0.349 e. The number of benzene rings is 2. The lowest BCUT2D eigenvalue weighted by Gasteiger charge is -2.06. The number of nitriles is 1. The second-order valence-corrected chi connectivity index (χ2v) is 6.33. The highest BCUT2D eigenvalue weighted by Crippen LogP contribution is 2.33. The van der Waals surface area contributed by atoms with E-state index in [0.717, 1.165) is 4.47 Å². The molecule has 0 fully saturated rings. The van der Waals surface area contributed by atoms with Gasteiger partial charge in [-0.05, 0) is 48.0 Å². The topological polar surface area (TPSA) is 97.7 Å². The maximum atomic E-state index is 12.1. The van der Waals surface area contributed by atoms with Gasteiger partial charge in [0.25, 0.3) is 5.91 Å². The molecule has 1 aliphatic heterocycles. The molecule has 0 saturated heterocycles. The number of anilines is 1. The third-order valence-corrected chi connectivity index (χ3v) is 4.04. The van der Waals surface area contributed by atoms with Gasteiger partial charge < -0.3 is 19.5 Å². The fourth-order valence-corrected chi connectivity index (χ4v) is 2.51. The molecule has 7 nitrogen and oxygen atoms in total. The first-order valence-electron chi connectivity index (χ1n) is 7.79. The molecule has 1 N–H and O–H groups in total. The Labute approximate surface area is 163 Å². The second-order valence-electron chi connectivity index (χ2n) is 5.41. The summed E-state index contributed by atoms with van der Waals surface area (Å²) in [5.41, 5.74) is 0.910. The normalized spacial score (nSPS) is 12.2. The highest BCUT2D eigenvalue weighted by Gasteiger charge is 2.16. The third-order valence-electron chi connectivity index (χ3n) is 3.51. The van der Waals surface area contributed by atoms with Gasteiger partial charge in [-0.1, -0.05) is 22.0 Å². The van der Waals surface area contributed by atoms with Gasteiger partial charge >= 0.3 is 5.97 Å². The molecule has 0 unspecified atom stereocenters. The van der Waals surface area contributed by atoms with E-state index in [4.69, 9.17) is 14.2 Å². The van der Waals surface area contributed by atoms with Crippen molar-refractivity contribution in [1.29, 1.82) is 5.26 Å². The minimum atomic E-state index is -0.888. The monoisotopic (exact) mass is 428 g/mol. The molecule has 1 amide bonds. The Hall–Kier alpha value is -3.31. The zero-order valence-electron chi connectivity index (χ0n) is 13.9. The van der Waals surface area contributed by atoms with Gasteiger partial charge in [0.1, 0.15) is 11.6 Å². The molecule has 27 heavy (non-hydrogen) atoms. The van der Waals surface area contributed by atoms with E-state index in [1.165, 1.54) is 6.08 Å². The molecule has 0 radical (unpaired) electrons. The molecule has 136 valence electrons. The summed E-state index contributed by atoms with van der Waals surface area (Å²) >= 11 is 3.30. The number of nitrogens with zero attached hydrogens (tertiary/aromatic N) is 1. The molecule has 0 atom stereocenters. The van der Waals surface area contributed by atoms with E-state index in [0.29, 0.717) is 22.7 Å². The molecule has 3 rings (SSSR count). The summed E-state index contributed by atoms with van der Waals surface area (Å²) in [6.45, 7) is -0.377. The Morgan fingerprint density at radius 3 is 2.67 bits per heavy atom.